The van der Waals surface area contributed by atoms with Crippen molar-refractivity contribution in [2.75, 3.05) is 6.54 Å². The number of nitrogens with two attached hydrogens (primary N) is 3. The summed E-state index contributed by atoms with van der Waals surface area (Å²) in [6.07, 6.45) is 0.573. The van der Waals surface area contributed by atoms with E-state index < -0.39 is 0 Å². The predicted octanol–water partition coefficient (Wildman–Crippen LogP) is -0.418. The quantitative estimate of drug-likeness (QED) is 0.234. The van der Waals surface area contributed by atoms with E-state index in [0.29, 0.717) is 18.8 Å². The zero-order chi connectivity index (χ0) is 9.78. The Kier molecular flexibility index (Phi) is 3.99. The Hall–Kier alpha value is -0.810. The van der Waals surface area contributed by atoms with Gasteiger partial charge in [-0.2, -0.15) is 0 Å². The van der Waals surface area contributed by atoms with E-state index in [2.05, 4.69) is 5.10 Å². The van der Waals surface area contributed by atoms with Crippen molar-refractivity contribution in [2.24, 2.45) is 22.4 Å². The maximum Gasteiger partial charge on any atom is 0.122 e. The average Bonchev–Trinajstić information content (AvgIpc) is 1.85. The van der Waals surface area contributed by atoms with Crippen molar-refractivity contribution in [3.63, 3.8) is 0 Å². The van der Waals surface area contributed by atoms with Crippen molar-refractivity contribution in [1.29, 1.82) is 0 Å². The van der Waals surface area contributed by atoms with Crippen LogP contribution in [0.1, 0.15) is 27.2 Å². The van der Waals surface area contributed by atoms with Crippen molar-refractivity contribution in [3.8, 4) is 0 Å². The van der Waals surface area contributed by atoms with E-state index in [1.54, 1.807) is 0 Å². The molecule has 12 heavy (non-hydrogen) atoms. The molecule has 0 spiro atoms. The van der Waals surface area contributed by atoms with E-state index in [-0.39, 0.29) is 5.54 Å². The van der Waals surface area contributed by atoms with Crippen LogP contribution in [0.25, 0.3) is 0 Å². The predicted molar refractivity (Wildman–Crippen MR) is 51.1 cm³/mol. The van der Waals surface area contributed by atoms with E-state index in [0.717, 1.165) is 0 Å². The van der Waals surface area contributed by atoms with E-state index in [9.17, 15) is 0 Å². The Balaban J connectivity index is 4.14. The molecule has 0 aliphatic rings. The fraction of sp³-hybridized carbons (Fsp3) is 0.857. The molecule has 0 rings (SSSR count). The van der Waals surface area contributed by atoms with Gasteiger partial charge in [0.2, 0.25) is 0 Å². The molecule has 5 heteroatoms. The second kappa shape index (κ2) is 4.27. The topological polar surface area (TPSA) is 93.7 Å². The second-order valence-electron chi connectivity index (χ2n) is 3.65. The third kappa shape index (κ3) is 4.15. The molecule has 0 aliphatic heterocycles. The number of nitrogens with zero attached hydrogens (tertiary/aromatic N) is 2. The maximum atomic E-state index is 5.61. The first-order chi connectivity index (χ1) is 5.38. The second-order valence-corrected chi connectivity index (χ2v) is 3.65. The molecule has 0 heterocycles. The molecule has 0 bridgehead atoms. The summed E-state index contributed by atoms with van der Waals surface area (Å²) in [5, 5.41) is 5.31. The Morgan fingerprint density at radius 1 is 1.42 bits per heavy atom. The molecule has 0 aromatic rings. The van der Waals surface area contributed by atoms with Gasteiger partial charge in [0, 0.05) is 6.42 Å². The number of hydrazone groups is 1. The Morgan fingerprint density at radius 3 is 2.25 bits per heavy atom. The number of amidine groups is 1. The van der Waals surface area contributed by atoms with Crippen LogP contribution in [-0.2, 0) is 0 Å². The van der Waals surface area contributed by atoms with E-state index in [1.165, 1.54) is 5.12 Å². The molecule has 5 nitrogen and oxygen atoms in total. The number of rotatable bonds is 3. The molecule has 0 atom stereocenters. The summed E-state index contributed by atoms with van der Waals surface area (Å²) in [4.78, 5) is 0. The summed E-state index contributed by atoms with van der Waals surface area (Å²) in [5.41, 5.74) is 10.6. The van der Waals surface area contributed by atoms with Crippen LogP contribution < -0.4 is 17.3 Å². The lowest BCUT2D eigenvalue weighted by molar-refractivity contribution is 0.144. The van der Waals surface area contributed by atoms with Gasteiger partial charge in [-0.25, -0.2) is 11.0 Å². The summed E-state index contributed by atoms with van der Waals surface area (Å²) in [5.74, 6) is 6.07. The first-order valence-electron chi connectivity index (χ1n) is 3.96. The molecule has 0 saturated heterocycles. The highest BCUT2D eigenvalue weighted by Crippen LogP contribution is 2.07. The van der Waals surface area contributed by atoms with Gasteiger partial charge in [0.25, 0.3) is 0 Å². The van der Waals surface area contributed by atoms with Crippen LogP contribution in [-0.4, -0.2) is 23.0 Å². The van der Waals surface area contributed by atoms with Crippen LogP contribution in [0.15, 0.2) is 5.10 Å². The highest BCUT2D eigenvalue weighted by atomic mass is 15.7. The van der Waals surface area contributed by atoms with Gasteiger partial charge in [-0.1, -0.05) is 0 Å². The van der Waals surface area contributed by atoms with Crippen molar-refractivity contribution >= 4 is 5.84 Å². The molecule has 0 unspecified atom stereocenters. The first-order valence-corrected chi connectivity index (χ1v) is 3.96. The van der Waals surface area contributed by atoms with Crippen LogP contribution in [0.4, 0.5) is 0 Å². The van der Waals surface area contributed by atoms with Crippen LogP contribution >= 0.6 is 0 Å². The Bertz CT molecular complexity index is 158. The molecular formula is C7H19N5. The summed E-state index contributed by atoms with van der Waals surface area (Å²) >= 11 is 0. The summed E-state index contributed by atoms with van der Waals surface area (Å²) < 4.78 is 0. The zero-order valence-electron chi connectivity index (χ0n) is 8.04. The van der Waals surface area contributed by atoms with Crippen LogP contribution in [0.5, 0.6) is 0 Å². The van der Waals surface area contributed by atoms with Crippen molar-refractivity contribution in [3.05, 3.63) is 0 Å². The zero-order valence-corrected chi connectivity index (χ0v) is 8.04. The molecule has 6 N–H and O–H groups in total. The molecule has 0 fully saturated rings. The molecule has 72 valence electrons. The number of hydrogen-bond donors (Lipinski definition) is 3. The van der Waals surface area contributed by atoms with Gasteiger partial charge in [-0.15, -0.1) is 5.10 Å². The Labute approximate surface area is 73.5 Å². The van der Waals surface area contributed by atoms with Crippen LogP contribution in [0, 0.1) is 0 Å². The van der Waals surface area contributed by atoms with E-state index >= 15 is 0 Å². The summed E-state index contributed by atoms with van der Waals surface area (Å²) in [6, 6.07) is 0. The monoisotopic (exact) mass is 173 g/mol. The average molecular weight is 173 g/mol. The third-order valence-electron chi connectivity index (χ3n) is 1.32. The minimum atomic E-state index is -0.209. The van der Waals surface area contributed by atoms with Gasteiger partial charge in [-0.3, -0.25) is 0 Å². The lowest BCUT2D eigenvalue weighted by Crippen LogP contribution is -2.44. The first kappa shape index (κ1) is 11.2. The molecule has 0 aromatic heterocycles. The van der Waals surface area contributed by atoms with Crippen molar-refractivity contribution in [1.82, 2.24) is 5.12 Å². The smallest absolute Gasteiger partial charge is 0.122 e. The van der Waals surface area contributed by atoms with Crippen LogP contribution in [0.2, 0.25) is 0 Å². The summed E-state index contributed by atoms with van der Waals surface area (Å²) in [7, 11) is 0. The van der Waals surface area contributed by atoms with Gasteiger partial charge < -0.3 is 11.5 Å². The highest BCUT2D eigenvalue weighted by Gasteiger charge is 2.16. The van der Waals surface area contributed by atoms with Gasteiger partial charge in [0.1, 0.15) is 5.84 Å². The number of hydrogen-bond acceptors (Lipinski definition) is 4. The highest BCUT2D eigenvalue weighted by molar-refractivity contribution is 5.80. The minimum Gasteiger partial charge on any atom is -0.386 e. The third-order valence-corrected chi connectivity index (χ3v) is 1.32. The largest absolute Gasteiger partial charge is 0.386 e. The molecule has 0 aromatic carbocycles. The Morgan fingerprint density at radius 2 is 1.92 bits per heavy atom. The fourth-order valence-electron chi connectivity index (χ4n) is 0.486. The van der Waals surface area contributed by atoms with Crippen molar-refractivity contribution in [2.45, 2.75) is 32.7 Å². The standard InChI is InChI=1S/C7H19N5/c1-7(2,3)12(10)11-6(9)4-5-8/h4-5,8,10H2,1-3H3,(H2,9,11). The fourth-order valence-corrected chi connectivity index (χ4v) is 0.486. The maximum absolute atomic E-state index is 5.61. The van der Waals surface area contributed by atoms with E-state index in [4.69, 9.17) is 17.3 Å². The SMILES string of the molecule is CC(C)(C)N(N)/N=C(\N)CCN. The van der Waals surface area contributed by atoms with Gasteiger partial charge in [-0.05, 0) is 27.3 Å². The normalized spacial score (nSPS) is 13.2. The minimum absolute atomic E-state index is 0.209. The molecular weight excluding hydrogens is 154 g/mol. The molecule has 0 radical (unpaired) electrons. The van der Waals surface area contributed by atoms with Gasteiger partial charge >= 0.3 is 0 Å². The van der Waals surface area contributed by atoms with Crippen LogP contribution in [0.3, 0.4) is 0 Å². The molecule has 0 amide bonds. The van der Waals surface area contributed by atoms with Gasteiger partial charge in [0.05, 0.1) is 5.54 Å². The van der Waals surface area contributed by atoms with Crippen molar-refractivity contribution < 1.29 is 0 Å². The molecule has 0 aliphatic carbocycles. The summed E-state index contributed by atoms with van der Waals surface area (Å²) in [6.45, 7) is 6.35. The lowest BCUT2D eigenvalue weighted by Gasteiger charge is -2.28. The molecule has 0 saturated carbocycles. The van der Waals surface area contributed by atoms with E-state index in [1.807, 2.05) is 20.8 Å². The lowest BCUT2D eigenvalue weighted by atomic mass is 10.1. The number of hydrazine groups is 1. The van der Waals surface area contributed by atoms with Gasteiger partial charge in [0.15, 0.2) is 0 Å².